The van der Waals surface area contributed by atoms with E-state index in [4.69, 9.17) is 0 Å². The van der Waals surface area contributed by atoms with Gasteiger partial charge in [0, 0.05) is 16.7 Å². The Labute approximate surface area is 128 Å². The maximum Gasteiger partial charge on any atom is 0.192 e. The molecule has 0 bridgehead atoms. The van der Waals surface area contributed by atoms with Gasteiger partial charge < -0.3 is 5.11 Å². The summed E-state index contributed by atoms with van der Waals surface area (Å²) in [6, 6.07) is 16.1. The summed E-state index contributed by atoms with van der Waals surface area (Å²) in [4.78, 5) is 24.5. The summed E-state index contributed by atoms with van der Waals surface area (Å²) in [5.41, 5.74) is 1.75. The van der Waals surface area contributed by atoms with Crippen LogP contribution in [0, 0.1) is 0 Å². The van der Waals surface area contributed by atoms with Gasteiger partial charge >= 0.3 is 0 Å². The highest BCUT2D eigenvalue weighted by atomic mass is 16.3. The number of aliphatic hydroxyl groups excluding tert-OH is 1. The van der Waals surface area contributed by atoms with Crippen LogP contribution in [0.1, 0.15) is 26.3 Å². The molecule has 0 aliphatic heterocycles. The van der Waals surface area contributed by atoms with Crippen molar-refractivity contribution in [3.63, 3.8) is 0 Å². The van der Waals surface area contributed by atoms with E-state index in [1.165, 1.54) is 12.2 Å². The number of fused-ring (bicyclic) bond motifs is 1. The van der Waals surface area contributed by atoms with Crippen LogP contribution in [-0.4, -0.2) is 22.8 Å². The molecule has 0 aromatic heterocycles. The van der Waals surface area contributed by atoms with Crippen molar-refractivity contribution < 1.29 is 14.7 Å². The monoisotopic (exact) mass is 290 g/mol. The van der Waals surface area contributed by atoms with Crippen LogP contribution in [0.15, 0.2) is 72.3 Å². The van der Waals surface area contributed by atoms with Crippen molar-refractivity contribution in [2.45, 2.75) is 6.10 Å². The molecule has 0 amide bonds. The largest absolute Gasteiger partial charge is 0.384 e. The van der Waals surface area contributed by atoms with Gasteiger partial charge in [-0.25, -0.2) is 0 Å². The quantitative estimate of drug-likeness (QED) is 0.945. The molecular formula is C19H14O3. The van der Waals surface area contributed by atoms with Gasteiger partial charge in [0.2, 0.25) is 0 Å². The Morgan fingerprint density at radius 2 is 1.50 bits per heavy atom. The van der Waals surface area contributed by atoms with E-state index < -0.39 is 6.10 Å². The van der Waals surface area contributed by atoms with Gasteiger partial charge in [0.1, 0.15) is 6.10 Å². The topological polar surface area (TPSA) is 54.4 Å². The number of Topliss-reactive ketones (excluding diaryl/α,β-unsaturated/α-hetero) is 1. The molecule has 3 heteroatoms. The van der Waals surface area contributed by atoms with Gasteiger partial charge in [-0.2, -0.15) is 0 Å². The molecule has 3 rings (SSSR count). The Hall–Kier alpha value is -2.78. The Kier molecular flexibility index (Phi) is 3.81. The van der Waals surface area contributed by atoms with E-state index in [9.17, 15) is 14.7 Å². The first-order valence-corrected chi connectivity index (χ1v) is 6.98. The zero-order chi connectivity index (χ0) is 15.5. The highest BCUT2D eigenvalue weighted by Gasteiger charge is 2.27. The summed E-state index contributed by atoms with van der Waals surface area (Å²) in [6.45, 7) is 0. The number of carbonyl (C=O) groups is 2. The molecule has 0 saturated heterocycles. The van der Waals surface area contributed by atoms with E-state index in [0.717, 1.165) is 5.56 Å². The lowest BCUT2D eigenvalue weighted by molar-refractivity contribution is 0.0961. The molecule has 108 valence electrons. The molecule has 0 radical (unpaired) electrons. The molecule has 3 nitrogen and oxygen atoms in total. The third-order valence-electron chi connectivity index (χ3n) is 3.58. The number of ketones is 2. The third kappa shape index (κ3) is 2.67. The fourth-order valence-corrected chi connectivity index (χ4v) is 2.43. The van der Waals surface area contributed by atoms with Crippen molar-refractivity contribution in [2.24, 2.45) is 0 Å². The first-order valence-electron chi connectivity index (χ1n) is 6.98. The molecule has 1 aliphatic carbocycles. The molecule has 0 fully saturated rings. The van der Waals surface area contributed by atoms with Gasteiger partial charge in [-0.05, 0) is 11.6 Å². The predicted molar refractivity (Wildman–Crippen MR) is 84.7 cm³/mol. The summed E-state index contributed by atoms with van der Waals surface area (Å²) in [6.07, 6.45) is 3.36. The highest BCUT2D eigenvalue weighted by Crippen LogP contribution is 2.23. The van der Waals surface area contributed by atoms with Gasteiger partial charge in [-0.3, -0.25) is 9.59 Å². The van der Waals surface area contributed by atoms with E-state index in [0.29, 0.717) is 11.1 Å². The van der Waals surface area contributed by atoms with E-state index >= 15 is 0 Å². The molecule has 0 saturated carbocycles. The smallest absolute Gasteiger partial charge is 0.192 e. The zero-order valence-electron chi connectivity index (χ0n) is 11.8. The average molecular weight is 290 g/mol. The van der Waals surface area contributed by atoms with Crippen LogP contribution in [0.25, 0.3) is 6.08 Å². The first kappa shape index (κ1) is 14.2. The molecule has 2 aromatic carbocycles. The lowest BCUT2D eigenvalue weighted by Gasteiger charge is -2.17. The molecule has 22 heavy (non-hydrogen) atoms. The van der Waals surface area contributed by atoms with Gasteiger partial charge in [0.15, 0.2) is 11.6 Å². The van der Waals surface area contributed by atoms with Gasteiger partial charge in [0.05, 0.1) is 0 Å². The summed E-state index contributed by atoms with van der Waals surface area (Å²) in [5, 5.41) is 10.2. The molecule has 0 spiro atoms. The van der Waals surface area contributed by atoms with Crippen molar-refractivity contribution in [2.75, 3.05) is 0 Å². The summed E-state index contributed by atoms with van der Waals surface area (Å²) < 4.78 is 0. The molecule has 1 aliphatic rings. The first-order chi connectivity index (χ1) is 10.7. The van der Waals surface area contributed by atoms with Crippen molar-refractivity contribution in [3.8, 4) is 0 Å². The summed E-state index contributed by atoms with van der Waals surface area (Å²) in [5.74, 6) is -0.558. The fourth-order valence-electron chi connectivity index (χ4n) is 2.43. The zero-order valence-corrected chi connectivity index (χ0v) is 11.8. The minimum absolute atomic E-state index is 0.107. The average Bonchev–Trinajstić information content (AvgIpc) is 2.57. The number of hydrogen-bond donors (Lipinski definition) is 1. The summed E-state index contributed by atoms with van der Waals surface area (Å²) >= 11 is 0. The molecule has 2 aromatic rings. The van der Waals surface area contributed by atoms with E-state index in [-0.39, 0.29) is 17.1 Å². The Morgan fingerprint density at radius 1 is 0.864 bits per heavy atom. The Bertz CT molecular complexity index is 785. The predicted octanol–water partition coefficient (Wildman–Crippen LogP) is 3.07. The van der Waals surface area contributed by atoms with Gasteiger partial charge in [0.25, 0.3) is 0 Å². The molecular weight excluding hydrogens is 276 g/mol. The second-order valence-corrected chi connectivity index (χ2v) is 5.05. The minimum atomic E-state index is -1.11. The van der Waals surface area contributed by atoms with Crippen LogP contribution in [0.3, 0.4) is 0 Å². The third-order valence-corrected chi connectivity index (χ3v) is 3.58. The van der Waals surface area contributed by atoms with Crippen molar-refractivity contribution in [1.82, 2.24) is 0 Å². The van der Waals surface area contributed by atoms with Crippen LogP contribution in [-0.2, 0) is 0 Å². The molecule has 0 unspecified atom stereocenters. The van der Waals surface area contributed by atoms with Crippen LogP contribution in [0.5, 0.6) is 0 Å². The SMILES string of the molecule is O=C1C=C([C@@H](O)/C=C/c2ccccc2)C(=O)c2ccccc21. The molecule has 1 N–H and O–H groups in total. The van der Waals surface area contributed by atoms with Crippen LogP contribution in [0.2, 0.25) is 0 Å². The highest BCUT2D eigenvalue weighted by molar-refractivity contribution is 6.25. The number of carbonyl (C=O) groups excluding carboxylic acids is 2. The molecule has 0 heterocycles. The second-order valence-electron chi connectivity index (χ2n) is 5.05. The van der Waals surface area contributed by atoms with Crippen molar-refractivity contribution >= 4 is 17.6 Å². The fraction of sp³-hybridized carbons (Fsp3) is 0.0526. The standard InChI is InChI=1S/C19H14O3/c20-17(11-10-13-6-2-1-3-7-13)16-12-18(21)14-8-4-5-9-15(14)19(16)22/h1-12,17,20H/b11-10+/t17-/m0/s1. The second kappa shape index (κ2) is 5.92. The minimum Gasteiger partial charge on any atom is -0.384 e. The Balaban J connectivity index is 1.88. The van der Waals surface area contributed by atoms with E-state index in [2.05, 4.69) is 0 Å². The van der Waals surface area contributed by atoms with Crippen LogP contribution in [0.4, 0.5) is 0 Å². The number of benzene rings is 2. The number of allylic oxidation sites excluding steroid dienone is 1. The summed E-state index contributed by atoms with van der Waals surface area (Å²) in [7, 11) is 0. The van der Waals surface area contributed by atoms with Crippen LogP contribution >= 0.6 is 0 Å². The Morgan fingerprint density at radius 3 is 2.23 bits per heavy atom. The number of rotatable bonds is 3. The number of hydrogen-bond acceptors (Lipinski definition) is 3. The van der Waals surface area contributed by atoms with E-state index in [1.54, 1.807) is 30.3 Å². The lowest BCUT2D eigenvalue weighted by Crippen LogP contribution is -2.23. The maximum absolute atomic E-state index is 12.4. The van der Waals surface area contributed by atoms with Gasteiger partial charge in [-0.1, -0.05) is 66.7 Å². The molecule has 1 atom stereocenters. The maximum atomic E-state index is 12.4. The number of aliphatic hydroxyl groups is 1. The van der Waals surface area contributed by atoms with Gasteiger partial charge in [-0.15, -0.1) is 0 Å². The van der Waals surface area contributed by atoms with E-state index in [1.807, 2.05) is 30.3 Å². The lowest BCUT2D eigenvalue weighted by atomic mass is 9.87. The van der Waals surface area contributed by atoms with Crippen molar-refractivity contribution in [3.05, 3.63) is 89.0 Å². The van der Waals surface area contributed by atoms with Crippen molar-refractivity contribution in [1.29, 1.82) is 0 Å². The van der Waals surface area contributed by atoms with Crippen LogP contribution < -0.4 is 0 Å². The normalized spacial score (nSPS) is 15.6.